The SMILES string of the molecule is CO[C@H]1S[C@@H](C(C)=O)CC2=C1C(=O)C=CC2=O. The number of ketones is 3. The van der Waals surface area contributed by atoms with Crippen molar-refractivity contribution in [2.75, 3.05) is 7.11 Å². The minimum absolute atomic E-state index is 0.00148. The molecule has 0 aromatic rings. The number of Topliss-reactive ketones (excluding diaryl/α,β-unsaturated/α-hetero) is 1. The van der Waals surface area contributed by atoms with E-state index in [2.05, 4.69) is 0 Å². The third-order valence-electron chi connectivity index (χ3n) is 2.85. The number of thioether (sulfide) groups is 1. The van der Waals surface area contributed by atoms with Crippen molar-refractivity contribution in [2.24, 2.45) is 0 Å². The van der Waals surface area contributed by atoms with Gasteiger partial charge in [0.15, 0.2) is 11.6 Å². The van der Waals surface area contributed by atoms with Crippen molar-refractivity contribution < 1.29 is 19.1 Å². The Morgan fingerprint density at radius 2 is 2.00 bits per heavy atom. The predicted molar refractivity (Wildman–Crippen MR) is 63.7 cm³/mol. The zero-order valence-electron chi connectivity index (χ0n) is 9.56. The maximum absolute atomic E-state index is 11.7. The van der Waals surface area contributed by atoms with Crippen molar-refractivity contribution in [1.82, 2.24) is 0 Å². The van der Waals surface area contributed by atoms with E-state index in [1.54, 1.807) is 0 Å². The normalized spacial score (nSPS) is 28.4. The molecule has 0 unspecified atom stereocenters. The zero-order valence-corrected chi connectivity index (χ0v) is 10.4. The summed E-state index contributed by atoms with van der Waals surface area (Å²) < 4.78 is 5.21. The van der Waals surface area contributed by atoms with Crippen LogP contribution in [0.5, 0.6) is 0 Å². The topological polar surface area (TPSA) is 60.4 Å². The van der Waals surface area contributed by atoms with E-state index in [0.29, 0.717) is 17.6 Å². The highest BCUT2D eigenvalue weighted by molar-refractivity contribution is 8.01. The number of methoxy groups -OCH3 is 1. The van der Waals surface area contributed by atoms with Crippen molar-refractivity contribution in [3.05, 3.63) is 23.3 Å². The largest absolute Gasteiger partial charge is 0.366 e. The summed E-state index contributed by atoms with van der Waals surface area (Å²) in [4.78, 5) is 34.9. The minimum Gasteiger partial charge on any atom is -0.366 e. The predicted octanol–water partition coefficient (Wildman–Crippen LogP) is 1.06. The summed E-state index contributed by atoms with van der Waals surface area (Å²) in [5, 5.41) is -0.304. The number of carbonyl (C=O) groups excluding carboxylic acids is 3. The lowest BCUT2D eigenvalue weighted by Gasteiger charge is -2.30. The van der Waals surface area contributed by atoms with Crippen LogP contribution in [-0.2, 0) is 19.1 Å². The van der Waals surface area contributed by atoms with Gasteiger partial charge in [0.25, 0.3) is 0 Å². The first kappa shape index (κ1) is 12.3. The van der Waals surface area contributed by atoms with E-state index in [9.17, 15) is 14.4 Å². The smallest absolute Gasteiger partial charge is 0.185 e. The number of hydrogen-bond donors (Lipinski definition) is 0. The quantitative estimate of drug-likeness (QED) is 0.688. The monoisotopic (exact) mass is 252 g/mol. The Hall–Kier alpha value is -1.20. The fraction of sp³-hybridized carbons (Fsp3) is 0.417. The first-order chi connectivity index (χ1) is 8.04. The molecule has 0 saturated carbocycles. The molecule has 5 heteroatoms. The van der Waals surface area contributed by atoms with Crippen LogP contribution in [0.25, 0.3) is 0 Å². The third kappa shape index (κ3) is 2.12. The van der Waals surface area contributed by atoms with Crippen LogP contribution in [0.15, 0.2) is 23.3 Å². The summed E-state index contributed by atoms with van der Waals surface area (Å²) in [6.45, 7) is 1.49. The number of ether oxygens (including phenoxy) is 1. The minimum atomic E-state index is -0.519. The Morgan fingerprint density at radius 3 is 2.59 bits per heavy atom. The van der Waals surface area contributed by atoms with Gasteiger partial charge in [0.2, 0.25) is 0 Å². The molecule has 0 saturated heterocycles. The van der Waals surface area contributed by atoms with Crippen molar-refractivity contribution in [3.8, 4) is 0 Å². The Kier molecular flexibility index (Phi) is 3.31. The van der Waals surface area contributed by atoms with Gasteiger partial charge in [-0.15, -0.1) is 11.8 Å². The second-order valence-corrected chi connectivity index (χ2v) is 5.23. The molecule has 4 nitrogen and oxygen atoms in total. The average molecular weight is 252 g/mol. The van der Waals surface area contributed by atoms with Crippen molar-refractivity contribution >= 4 is 29.1 Å². The molecule has 0 bridgehead atoms. The molecule has 90 valence electrons. The highest BCUT2D eigenvalue weighted by Crippen LogP contribution is 2.39. The highest BCUT2D eigenvalue weighted by Gasteiger charge is 2.38. The van der Waals surface area contributed by atoms with E-state index < -0.39 is 5.44 Å². The van der Waals surface area contributed by atoms with Gasteiger partial charge in [-0.1, -0.05) is 0 Å². The second kappa shape index (κ2) is 4.58. The van der Waals surface area contributed by atoms with Gasteiger partial charge in [0.05, 0.1) is 5.25 Å². The van der Waals surface area contributed by atoms with Gasteiger partial charge in [-0.2, -0.15) is 0 Å². The molecule has 0 fully saturated rings. The lowest BCUT2D eigenvalue weighted by molar-refractivity contribution is -0.117. The van der Waals surface area contributed by atoms with E-state index >= 15 is 0 Å². The molecule has 0 aromatic heterocycles. The first-order valence-corrected chi connectivity index (χ1v) is 6.17. The Bertz CT molecular complexity index is 461. The van der Waals surface area contributed by atoms with Crippen molar-refractivity contribution in [3.63, 3.8) is 0 Å². The van der Waals surface area contributed by atoms with Crippen LogP contribution in [0.2, 0.25) is 0 Å². The van der Waals surface area contributed by atoms with Gasteiger partial charge in [0, 0.05) is 18.3 Å². The van der Waals surface area contributed by atoms with Crippen LogP contribution >= 0.6 is 11.8 Å². The molecule has 17 heavy (non-hydrogen) atoms. The fourth-order valence-corrected chi connectivity index (χ4v) is 3.21. The van der Waals surface area contributed by atoms with Crippen LogP contribution in [0.1, 0.15) is 13.3 Å². The summed E-state index contributed by atoms with van der Waals surface area (Å²) in [7, 11) is 1.47. The van der Waals surface area contributed by atoms with E-state index in [0.717, 1.165) is 0 Å². The molecule has 0 amide bonds. The van der Waals surface area contributed by atoms with Crippen molar-refractivity contribution in [1.29, 1.82) is 0 Å². The molecule has 2 atom stereocenters. The van der Waals surface area contributed by atoms with Gasteiger partial charge in [0.1, 0.15) is 11.2 Å². The highest BCUT2D eigenvalue weighted by atomic mass is 32.2. The lowest BCUT2D eigenvalue weighted by Crippen LogP contribution is -2.33. The maximum Gasteiger partial charge on any atom is 0.185 e. The van der Waals surface area contributed by atoms with Gasteiger partial charge in [-0.3, -0.25) is 14.4 Å². The van der Waals surface area contributed by atoms with Gasteiger partial charge < -0.3 is 4.74 Å². The van der Waals surface area contributed by atoms with Gasteiger partial charge in [-0.05, 0) is 25.5 Å². The van der Waals surface area contributed by atoms with Crippen LogP contribution < -0.4 is 0 Å². The third-order valence-corrected chi connectivity index (χ3v) is 4.36. The van der Waals surface area contributed by atoms with E-state index in [4.69, 9.17) is 4.74 Å². The molecule has 1 aliphatic carbocycles. The van der Waals surface area contributed by atoms with E-state index in [-0.39, 0.29) is 22.6 Å². The first-order valence-electron chi connectivity index (χ1n) is 5.23. The Labute approximate surface area is 103 Å². The summed E-state index contributed by atoms with van der Waals surface area (Å²) in [6.07, 6.45) is 2.85. The van der Waals surface area contributed by atoms with Crippen LogP contribution in [0, 0.1) is 0 Å². The van der Waals surface area contributed by atoms with Crippen LogP contribution in [0.4, 0.5) is 0 Å². The summed E-state index contributed by atoms with van der Waals surface area (Å²) >= 11 is 1.29. The molecule has 2 aliphatic rings. The summed E-state index contributed by atoms with van der Waals surface area (Å²) in [5.41, 5.74) is 0.319. The second-order valence-electron chi connectivity index (χ2n) is 3.96. The molecule has 0 aromatic carbocycles. The summed E-state index contributed by atoms with van der Waals surface area (Å²) in [5.74, 6) is -0.382. The Balaban J connectivity index is 2.43. The fourth-order valence-electron chi connectivity index (χ4n) is 1.96. The molecule has 0 N–H and O–H groups in total. The van der Waals surface area contributed by atoms with E-state index in [1.165, 1.54) is 37.9 Å². The maximum atomic E-state index is 11.7. The van der Waals surface area contributed by atoms with Gasteiger partial charge in [-0.25, -0.2) is 0 Å². The lowest BCUT2D eigenvalue weighted by atomic mass is 9.90. The van der Waals surface area contributed by atoms with Gasteiger partial charge >= 0.3 is 0 Å². The number of hydrogen-bond acceptors (Lipinski definition) is 5. The molecular formula is C12H12O4S. The molecule has 2 rings (SSSR count). The number of rotatable bonds is 2. The molecular weight excluding hydrogens is 240 g/mol. The molecule has 0 spiro atoms. The van der Waals surface area contributed by atoms with Crippen LogP contribution in [0.3, 0.4) is 0 Å². The zero-order chi connectivity index (χ0) is 12.6. The van der Waals surface area contributed by atoms with E-state index in [1.807, 2.05) is 0 Å². The number of carbonyl (C=O) groups is 3. The average Bonchev–Trinajstić information content (AvgIpc) is 2.32. The Morgan fingerprint density at radius 1 is 1.35 bits per heavy atom. The molecule has 1 heterocycles. The van der Waals surface area contributed by atoms with Crippen molar-refractivity contribution in [2.45, 2.75) is 24.0 Å². The number of allylic oxidation sites excluding steroid dienone is 3. The molecule has 0 radical (unpaired) electrons. The summed E-state index contributed by atoms with van der Waals surface area (Å²) in [6, 6.07) is 0. The standard InChI is InChI=1S/C12H12O4S/c1-6(13)10-5-7-8(14)3-4-9(15)11(7)12(16-2)17-10/h3-4,10,12H,5H2,1-2H3/t10-,12+/m1/s1. The molecule has 1 aliphatic heterocycles. The van der Waals surface area contributed by atoms with Crippen LogP contribution in [-0.4, -0.2) is 35.1 Å².